The van der Waals surface area contributed by atoms with Crippen molar-refractivity contribution >= 4 is 40.7 Å². The van der Waals surface area contributed by atoms with Crippen molar-refractivity contribution in [2.24, 2.45) is 14.1 Å². The van der Waals surface area contributed by atoms with Crippen molar-refractivity contribution in [1.29, 1.82) is 0 Å². The second-order valence-corrected chi connectivity index (χ2v) is 9.50. The van der Waals surface area contributed by atoms with E-state index in [0.29, 0.717) is 17.7 Å². The number of carbonyl (C=O) groups excluding carboxylic acids is 4. The van der Waals surface area contributed by atoms with Gasteiger partial charge in [-0.3, -0.25) is 29.1 Å². The molecular formula is C25H27N7O7. The van der Waals surface area contributed by atoms with Gasteiger partial charge in [0.25, 0.3) is 5.91 Å². The molecule has 2 fully saturated rings. The number of carbonyl (C=O) groups is 5. The number of fused-ring (bicyclic) bond motifs is 1. The molecule has 0 saturated carbocycles. The Hall–Kier alpha value is -4.75. The van der Waals surface area contributed by atoms with Crippen molar-refractivity contribution in [2.75, 3.05) is 26.2 Å². The number of carboxylic acid groups (broad SMARTS) is 1. The smallest absolute Gasteiger partial charge is 0.410 e. The number of ether oxygens (including phenoxy) is 1. The summed E-state index contributed by atoms with van der Waals surface area (Å²) < 4.78 is 8.37. The lowest BCUT2D eigenvalue weighted by molar-refractivity contribution is -0.134. The maximum absolute atomic E-state index is 12.8. The lowest BCUT2D eigenvalue weighted by Gasteiger charge is -2.33. The Kier molecular flexibility index (Phi) is 6.76. The third-order valence-electron chi connectivity index (χ3n) is 7.04. The molecule has 1 atom stereocenters. The Morgan fingerprint density at radius 3 is 2.44 bits per heavy atom. The molecule has 1 aromatic carbocycles. The van der Waals surface area contributed by atoms with E-state index in [0.717, 1.165) is 15.6 Å². The highest BCUT2D eigenvalue weighted by molar-refractivity contribution is 6.02. The third kappa shape index (κ3) is 4.92. The van der Waals surface area contributed by atoms with E-state index in [4.69, 9.17) is 4.74 Å². The molecular weight excluding hydrogens is 510 g/mol. The number of hydrogen-bond acceptors (Lipinski definition) is 8. The summed E-state index contributed by atoms with van der Waals surface area (Å²) in [4.78, 5) is 63.8. The molecule has 2 saturated heterocycles. The standard InChI is InChI=1S/C25H27N7O7/c1-29-18(24(36)37)12-17(27-29)23(35)31-8-10-32(11-9-31)25(38)39-13-14-4-3-5-15-20(28-30(2)21(14)15)16-6-7-19(33)26-22(16)34/h3-5,12,16H,6-11,13H2,1-2H3,(H,36,37)(H,26,33,34). The molecule has 0 radical (unpaired) electrons. The fraction of sp³-hybridized carbons (Fsp3) is 0.400. The highest BCUT2D eigenvalue weighted by Gasteiger charge is 2.32. The molecule has 0 aliphatic carbocycles. The molecule has 2 aliphatic rings. The number of piperidine rings is 1. The number of imide groups is 1. The number of aromatic carboxylic acids is 1. The molecule has 14 nitrogen and oxygen atoms in total. The molecule has 2 aliphatic heterocycles. The van der Waals surface area contributed by atoms with Gasteiger partial charge in [0.1, 0.15) is 12.3 Å². The lowest BCUT2D eigenvalue weighted by atomic mass is 9.92. The maximum atomic E-state index is 12.8. The van der Waals surface area contributed by atoms with Gasteiger partial charge < -0.3 is 19.6 Å². The normalized spacial score (nSPS) is 17.8. The van der Waals surface area contributed by atoms with E-state index in [9.17, 15) is 29.1 Å². The largest absolute Gasteiger partial charge is 0.477 e. The number of benzene rings is 1. The molecule has 14 heteroatoms. The molecule has 2 N–H and O–H groups in total. The molecule has 2 aromatic heterocycles. The maximum Gasteiger partial charge on any atom is 0.410 e. The van der Waals surface area contributed by atoms with Crippen LogP contribution in [0.3, 0.4) is 0 Å². The highest BCUT2D eigenvalue weighted by Crippen LogP contribution is 2.31. The van der Waals surface area contributed by atoms with Gasteiger partial charge in [-0.05, 0) is 6.42 Å². The molecule has 0 bridgehead atoms. The fourth-order valence-electron chi connectivity index (χ4n) is 5.03. The first kappa shape index (κ1) is 25.9. The summed E-state index contributed by atoms with van der Waals surface area (Å²) in [5.74, 6) is -2.78. The average Bonchev–Trinajstić information content (AvgIpc) is 3.47. The molecule has 4 amide bonds. The van der Waals surface area contributed by atoms with Crippen molar-refractivity contribution in [3.05, 3.63) is 46.9 Å². The summed E-state index contributed by atoms with van der Waals surface area (Å²) in [5, 5.41) is 20.8. The number of nitrogens with one attached hydrogen (secondary N) is 1. The van der Waals surface area contributed by atoms with Gasteiger partial charge >= 0.3 is 12.1 Å². The summed E-state index contributed by atoms with van der Waals surface area (Å²) in [6, 6.07) is 6.71. The fourth-order valence-corrected chi connectivity index (χ4v) is 5.03. The number of rotatable bonds is 5. The van der Waals surface area contributed by atoms with Crippen molar-refractivity contribution in [1.82, 2.24) is 34.7 Å². The number of amides is 4. The average molecular weight is 538 g/mol. The van der Waals surface area contributed by atoms with Gasteiger partial charge in [0, 0.05) is 63.7 Å². The van der Waals surface area contributed by atoms with Crippen LogP contribution in [0, 0.1) is 0 Å². The van der Waals surface area contributed by atoms with Crippen LogP contribution in [-0.2, 0) is 35.0 Å². The quantitative estimate of drug-likeness (QED) is 0.443. The Labute approximate surface area is 222 Å². The Balaban J connectivity index is 1.21. The molecule has 1 unspecified atom stereocenters. The predicted octanol–water partition coefficient (Wildman–Crippen LogP) is 0.620. The minimum Gasteiger partial charge on any atom is -0.477 e. The number of piperazine rings is 1. The van der Waals surface area contributed by atoms with E-state index in [2.05, 4.69) is 15.5 Å². The summed E-state index contributed by atoms with van der Waals surface area (Å²) in [7, 11) is 3.20. The zero-order valence-electron chi connectivity index (χ0n) is 21.4. The summed E-state index contributed by atoms with van der Waals surface area (Å²) in [5.41, 5.74) is 1.97. The number of hydrogen-bond donors (Lipinski definition) is 2. The molecule has 204 valence electrons. The van der Waals surface area contributed by atoms with Gasteiger partial charge in [-0.2, -0.15) is 10.2 Å². The zero-order chi connectivity index (χ0) is 27.8. The molecule has 39 heavy (non-hydrogen) atoms. The van der Waals surface area contributed by atoms with Gasteiger partial charge in [0.2, 0.25) is 11.8 Å². The van der Waals surface area contributed by atoms with Crippen LogP contribution >= 0.6 is 0 Å². The second-order valence-electron chi connectivity index (χ2n) is 9.50. The first-order valence-electron chi connectivity index (χ1n) is 12.4. The first-order valence-corrected chi connectivity index (χ1v) is 12.4. The highest BCUT2D eigenvalue weighted by atomic mass is 16.6. The van der Waals surface area contributed by atoms with E-state index < -0.39 is 23.9 Å². The van der Waals surface area contributed by atoms with Crippen LogP contribution < -0.4 is 5.32 Å². The van der Waals surface area contributed by atoms with Gasteiger partial charge in [-0.15, -0.1) is 0 Å². The number of nitrogens with zero attached hydrogens (tertiary/aromatic N) is 6. The number of aromatic nitrogens is 4. The molecule has 5 rings (SSSR count). The Morgan fingerprint density at radius 1 is 1.05 bits per heavy atom. The SMILES string of the molecule is Cn1nc(C(=O)N2CCN(C(=O)OCc3cccc4c(C5CCC(=O)NC5=O)nn(C)c34)CC2)cc1C(=O)O. The third-order valence-corrected chi connectivity index (χ3v) is 7.04. The topological polar surface area (TPSA) is 169 Å². The van der Waals surface area contributed by atoms with Crippen LogP contribution in [0.2, 0.25) is 0 Å². The van der Waals surface area contributed by atoms with Crippen molar-refractivity contribution in [2.45, 2.75) is 25.4 Å². The Bertz CT molecular complexity index is 1500. The van der Waals surface area contributed by atoms with Gasteiger partial charge in [0.15, 0.2) is 5.69 Å². The van der Waals surface area contributed by atoms with Crippen molar-refractivity contribution in [3.63, 3.8) is 0 Å². The van der Waals surface area contributed by atoms with Crippen LogP contribution in [-0.4, -0.2) is 90.4 Å². The number of aryl methyl sites for hydroxylation is 2. The number of carboxylic acids is 1. The van der Waals surface area contributed by atoms with Crippen molar-refractivity contribution in [3.8, 4) is 0 Å². The minimum atomic E-state index is -1.18. The van der Waals surface area contributed by atoms with E-state index in [1.54, 1.807) is 17.8 Å². The van der Waals surface area contributed by atoms with Crippen LogP contribution in [0.4, 0.5) is 4.79 Å². The molecule has 0 spiro atoms. The van der Waals surface area contributed by atoms with E-state index in [1.165, 1.54) is 22.9 Å². The van der Waals surface area contributed by atoms with E-state index in [1.807, 2.05) is 12.1 Å². The van der Waals surface area contributed by atoms with Gasteiger partial charge in [-0.25, -0.2) is 9.59 Å². The van der Waals surface area contributed by atoms with Crippen LogP contribution in [0.5, 0.6) is 0 Å². The van der Waals surface area contributed by atoms with Gasteiger partial charge in [-0.1, -0.05) is 18.2 Å². The second kappa shape index (κ2) is 10.2. The monoisotopic (exact) mass is 537 g/mol. The van der Waals surface area contributed by atoms with Crippen LogP contribution in [0.1, 0.15) is 51.0 Å². The van der Waals surface area contributed by atoms with Gasteiger partial charge in [0.05, 0.1) is 17.1 Å². The predicted molar refractivity (Wildman–Crippen MR) is 134 cm³/mol. The van der Waals surface area contributed by atoms with Crippen molar-refractivity contribution < 1.29 is 33.8 Å². The van der Waals surface area contributed by atoms with E-state index in [-0.39, 0.29) is 62.4 Å². The van der Waals surface area contributed by atoms with Crippen LogP contribution in [0.15, 0.2) is 24.3 Å². The summed E-state index contributed by atoms with van der Waals surface area (Å²) in [6.45, 7) is 0.978. The summed E-state index contributed by atoms with van der Waals surface area (Å²) >= 11 is 0. The molecule has 3 aromatic rings. The Morgan fingerprint density at radius 2 is 1.77 bits per heavy atom. The van der Waals surface area contributed by atoms with E-state index >= 15 is 0 Å². The minimum absolute atomic E-state index is 0.0183. The summed E-state index contributed by atoms with van der Waals surface area (Å²) in [6.07, 6.45) is 0.0964. The molecule has 4 heterocycles. The zero-order valence-corrected chi connectivity index (χ0v) is 21.4. The number of para-hydroxylation sites is 1. The first-order chi connectivity index (χ1) is 18.6. The van der Waals surface area contributed by atoms with Crippen LogP contribution in [0.25, 0.3) is 10.9 Å². The lowest BCUT2D eigenvalue weighted by Crippen LogP contribution is -2.50.